The number of benzene rings is 1. The lowest BCUT2D eigenvalue weighted by Crippen LogP contribution is -2.37. The van der Waals surface area contributed by atoms with Gasteiger partial charge in [0.15, 0.2) is 0 Å². The molecule has 0 aromatic heterocycles. The molecular weight excluding hydrogens is 226 g/mol. The molecule has 0 spiro atoms. The minimum atomic E-state index is 0.184. The lowest BCUT2D eigenvalue weighted by Gasteiger charge is -2.27. The van der Waals surface area contributed by atoms with Crippen LogP contribution in [0.25, 0.3) is 0 Å². The summed E-state index contributed by atoms with van der Waals surface area (Å²) in [6.07, 6.45) is 3.68. The molecule has 1 amide bonds. The van der Waals surface area contributed by atoms with Crippen LogP contribution >= 0.6 is 0 Å². The smallest absolute Gasteiger partial charge is 0.254 e. The summed E-state index contributed by atoms with van der Waals surface area (Å²) in [6.45, 7) is 2.90. The molecule has 1 heterocycles. The van der Waals surface area contributed by atoms with Gasteiger partial charge in [-0.2, -0.15) is 0 Å². The van der Waals surface area contributed by atoms with Crippen LogP contribution in [0.15, 0.2) is 18.2 Å². The van der Waals surface area contributed by atoms with E-state index in [2.05, 4.69) is 10.3 Å². The monoisotopic (exact) mass is 245 g/mol. The Morgan fingerprint density at radius 2 is 2.28 bits per heavy atom. The fourth-order valence-corrected chi connectivity index (χ4v) is 3.32. The van der Waals surface area contributed by atoms with Gasteiger partial charge < -0.3 is 10.3 Å². The second-order valence-corrected chi connectivity index (χ2v) is 5.46. The molecule has 2 aliphatic rings. The van der Waals surface area contributed by atoms with Crippen LogP contribution in [-0.2, 0) is 0 Å². The van der Waals surface area contributed by atoms with Crippen LogP contribution < -0.4 is 11.3 Å². The second kappa shape index (κ2) is 4.28. The maximum Gasteiger partial charge on any atom is 0.254 e. The van der Waals surface area contributed by atoms with Gasteiger partial charge in [0.2, 0.25) is 0 Å². The minimum absolute atomic E-state index is 0.184. The van der Waals surface area contributed by atoms with Crippen molar-refractivity contribution in [3.63, 3.8) is 0 Å². The zero-order valence-corrected chi connectivity index (χ0v) is 10.6. The number of nitrogens with zero attached hydrogens (tertiary/aromatic N) is 1. The standard InChI is InChI=1S/C14H19N3O/c1-9-6-11(16-15)3-5-13(9)14(18)17-8-10-2-4-12(17)7-10/h3,5-6,10,12,16H,2,4,7-8,15H2,1H3. The number of hydrazine groups is 1. The van der Waals surface area contributed by atoms with Crippen LogP contribution in [0.4, 0.5) is 5.69 Å². The van der Waals surface area contributed by atoms with Gasteiger partial charge in [-0.15, -0.1) is 0 Å². The molecule has 0 radical (unpaired) electrons. The van der Waals surface area contributed by atoms with Crippen molar-refractivity contribution in [1.82, 2.24) is 4.90 Å². The first-order chi connectivity index (χ1) is 8.69. The van der Waals surface area contributed by atoms with E-state index in [9.17, 15) is 4.79 Å². The molecule has 1 aromatic rings. The van der Waals surface area contributed by atoms with Gasteiger partial charge in [0.1, 0.15) is 0 Å². The first-order valence-electron chi connectivity index (χ1n) is 6.57. The third-order valence-electron chi connectivity index (χ3n) is 4.29. The van der Waals surface area contributed by atoms with E-state index in [0.29, 0.717) is 6.04 Å². The van der Waals surface area contributed by atoms with Crippen LogP contribution in [0, 0.1) is 12.8 Å². The third-order valence-corrected chi connectivity index (χ3v) is 4.29. The van der Waals surface area contributed by atoms with Crippen molar-refractivity contribution in [1.29, 1.82) is 0 Å². The zero-order valence-electron chi connectivity index (χ0n) is 10.6. The summed E-state index contributed by atoms with van der Waals surface area (Å²) in [7, 11) is 0. The molecule has 1 aliphatic carbocycles. The highest BCUT2D eigenvalue weighted by Crippen LogP contribution is 2.38. The Bertz CT molecular complexity index is 486. The molecule has 2 bridgehead atoms. The van der Waals surface area contributed by atoms with Gasteiger partial charge in [0.05, 0.1) is 0 Å². The highest BCUT2D eigenvalue weighted by atomic mass is 16.2. The maximum atomic E-state index is 12.5. The number of carbonyl (C=O) groups excluding carboxylic acids is 1. The number of amides is 1. The Morgan fingerprint density at radius 1 is 1.44 bits per heavy atom. The normalized spacial score (nSPS) is 25.6. The van der Waals surface area contributed by atoms with Crippen LogP contribution in [-0.4, -0.2) is 23.4 Å². The number of hydrogen-bond acceptors (Lipinski definition) is 3. The number of likely N-dealkylation sites (tertiary alicyclic amines) is 1. The van der Waals surface area contributed by atoms with Crippen molar-refractivity contribution in [3.05, 3.63) is 29.3 Å². The van der Waals surface area contributed by atoms with Crippen LogP contribution in [0.5, 0.6) is 0 Å². The Morgan fingerprint density at radius 3 is 2.83 bits per heavy atom. The molecule has 1 saturated heterocycles. The maximum absolute atomic E-state index is 12.5. The molecule has 4 nitrogen and oxygen atoms in total. The number of nitrogen functional groups attached to an aromatic ring is 1. The molecule has 4 heteroatoms. The van der Waals surface area contributed by atoms with E-state index in [1.54, 1.807) is 0 Å². The zero-order chi connectivity index (χ0) is 12.7. The Kier molecular flexibility index (Phi) is 2.74. The number of nitrogens with two attached hydrogens (primary N) is 1. The second-order valence-electron chi connectivity index (χ2n) is 5.46. The number of rotatable bonds is 2. The molecule has 2 unspecified atom stereocenters. The van der Waals surface area contributed by atoms with E-state index < -0.39 is 0 Å². The van der Waals surface area contributed by atoms with Gasteiger partial charge >= 0.3 is 0 Å². The van der Waals surface area contributed by atoms with E-state index in [4.69, 9.17) is 5.84 Å². The Hall–Kier alpha value is -1.55. The lowest BCUT2D eigenvalue weighted by atomic mass is 10.0. The molecular formula is C14H19N3O. The number of fused-ring (bicyclic) bond motifs is 2. The summed E-state index contributed by atoms with van der Waals surface area (Å²) in [5, 5.41) is 0. The average molecular weight is 245 g/mol. The van der Waals surface area contributed by atoms with Crippen molar-refractivity contribution in [2.45, 2.75) is 32.2 Å². The minimum Gasteiger partial charge on any atom is -0.335 e. The van der Waals surface area contributed by atoms with Crippen molar-refractivity contribution in [2.75, 3.05) is 12.0 Å². The number of anilines is 1. The summed E-state index contributed by atoms with van der Waals surface area (Å²) in [4.78, 5) is 14.6. The average Bonchev–Trinajstić information content (AvgIpc) is 3.00. The first-order valence-corrected chi connectivity index (χ1v) is 6.57. The quantitative estimate of drug-likeness (QED) is 0.618. The lowest BCUT2D eigenvalue weighted by molar-refractivity contribution is 0.0703. The van der Waals surface area contributed by atoms with Crippen LogP contribution in [0.3, 0.4) is 0 Å². The fraction of sp³-hybridized carbons (Fsp3) is 0.500. The summed E-state index contributed by atoms with van der Waals surface area (Å²) < 4.78 is 0. The van der Waals surface area contributed by atoms with Gasteiger partial charge in [0, 0.05) is 23.8 Å². The van der Waals surface area contributed by atoms with Crippen molar-refractivity contribution < 1.29 is 4.79 Å². The van der Waals surface area contributed by atoms with E-state index in [0.717, 1.165) is 29.3 Å². The molecule has 96 valence electrons. The SMILES string of the molecule is Cc1cc(NN)ccc1C(=O)N1CC2CCC1C2. The number of aryl methyl sites for hydroxylation is 1. The molecule has 3 N–H and O–H groups in total. The molecule has 1 aliphatic heterocycles. The van der Waals surface area contributed by atoms with E-state index >= 15 is 0 Å². The largest absolute Gasteiger partial charge is 0.335 e. The van der Waals surface area contributed by atoms with Gasteiger partial charge in [-0.3, -0.25) is 10.6 Å². The molecule has 2 fully saturated rings. The predicted octanol–water partition coefficient (Wildman–Crippen LogP) is 1.91. The molecule has 1 aromatic carbocycles. The van der Waals surface area contributed by atoms with Crippen molar-refractivity contribution in [2.24, 2.45) is 11.8 Å². The molecule has 1 saturated carbocycles. The number of nitrogens with one attached hydrogen (secondary N) is 1. The van der Waals surface area contributed by atoms with Gasteiger partial charge in [-0.05, 0) is 55.9 Å². The number of carbonyl (C=O) groups is 1. The summed E-state index contributed by atoms with van der Waals surface area (Å²) in [5.74, 6) is 6.29. The summed E-state index contributed by atoms with van der Waals surface area (Å²) >= 11 is 0. The van der Waals surface area contributed by atoms with Gasteiger partial charge in [-0.1, -0.05) is 0 Å². The van der Waals surface area contributed by atoms with E-state index in [-0.39, 0.29) is 5.91 Å². The molecule has 18 heavy (non-hydrogen) atoms. The van der Waals surface area contributed by atoms with Crippen LogP contribution in [0.1, 0.15) is 35.2 Å². The highest BCUT2D eigenvalue weighted by Gasteiger charge is 2.40. The third kappa shape index (κ3) is 1.77. The highest BCUT2D eigenvalue weighted by molar-refractivity contribution is 5.96. The molecule has 2 atom stereocenters. The van der Waals surface area contributed by atoms with E-state index in [1.165, 1.54) is 19.3 Å². The van der Waals surface area contributed by atoms with Crippen molar-refractivity contribution in [3.8, 4) is 0 Å². The Labute approximate surface area is 107 Å². The van der Waals surface area contributed by atoms with Crippen molar-refractivity contribution >= 4 is 11.6 Å². The number of hydrogen-bond donors (Lipinski definition) is 2. The number of piperidine rings is 1. The Balaban J connectivity index is 1.84. The molecule has 3 rings (SSSR count). The van der Waals surface area contributed by atoms with Crippen LogP contribution in [0.2, 0.25) is 0 Å². The van der Waals surface area contributed by atoms with Gasteiger partial charge in [0.25, 0.3) is 5.91 Å². The van der Waals surface area contributed by atoms with E-state index in [1.807, 2.05) is 25.1 Å². The topological polar surface area (TPSA) is 58.4 Å². The summed E-state index contributed by atoms with van der Waals surface area (Å²) in [6, 6.07) is 6.13. The summed E-state index contributed by atoms with van der Waals surface area (Å²) in [5.41, 5.74) is 5.24. The first kappa shape index (κ1) is 11.5. The van der Waals surface area contributed by atoms with Gasteiger partial charge in [-0.25, -0.2) is 0 Å². The fourth-order valence-electron chi connectivity index (χ4n) is 3.32. The predicted molar refractivity (Wildman–Crippen MR) is 71.2 cm³/mol.